The molecule has 3 nitrogen and oxygen atoms in total. The Morgan fingerprint density at radius 3 is 2.50 bits per heavy atom. The first-order chi connectivity index (χ1) is 8.34. The first kappa shape index (κ1) is 14.7. The van der Waals surface area contributed by atoms with Crippen molar-refractivity contribution in [2.24, 2.45) is 5.41 Å². The molecule has 1 atom stereocenters. The molecule has 0 saturated heterocycles. The molecule has 0 heterocycles. The summed E-state index contributed by atoms with van der Waals surface area (Å²) in [5.41, 5.74) is 1.35. The van der Waals surface area contributed by atoms with Crippen LogP contribution >= 0.6 is 0 Å². The fourth-order valence-corrected chi connectivity index (χ4v) is 1.53. The zero-order valence-corrected chi connectivity index (χ0v) is 11.7. The molecule has 1 unspecified atom stereocenters. The van der Waals surface area contributed by atoms with E-state index in [2.05, 4.69) is 5.32 Å². The molecule has 0 fully saturated rings. The van der Waals surface area contributed by atoms with Gasteiger partial charge >= 0.3 is 0 Å². The van der Waals surface area contributed by atoms with Gasteiger partial charge in [0.2, 0.25) is 5.91 Å². The van der Waals surface area contributed by atoms with E-state index in [4.69, 9.17) is 0 Å². The van der Waals surface area contributed by atoms with E-state index in [1.54, 1.807) is 0 Å². The summed E-state index contributed by atoms with van der Waals surface area (Å²) in [5, 5.41) is 12.6. The minimum Gasteiger partial charge on any atom is -0.393 e. The monoisotopic (exact) mass is 249 g/mol. The molecular formula is C15H23NO2. The summed E-state index contributed by atoms with van der Waals surface area (Å²) in [6.07, 6.45) is 0.913. The van der Waals surface area contributed by atoms with E-state index in [9.17, 15) is 9.90 Å². The lowest BCUT2D eigenvalue weighted by molar-refractivity contribution is -0.123. The summed E-state index contributed by atoms with van der Waals surface area (Å²) in [7, 11) is 0. The number of nitrogens with one attached hydrogen (secondary N) is 1. The Morgan fingerprint density at radius 1 is 1.33 bits per heavy atom. The molecule has 3 heteroatoms. The fraction of sp³-hybridized carbons (Fsp3) is 0.533. The lowest BCUT2D eigenvalue weighted by Crippen LogP contribution is -2.28. The highest BCUT2D eigenvalue weighted by atomic mass is 16.3. The van der Waals surface area contributed by atoms with Gasteiger partial charge in [0.1, 0.15) is 0 Å². The molecule has 1 aromatic rings. The molecule has 100 valence electrons. The molecular weight excluding hydrogens is 226 g/mol. The molecule has 1 aromatic carbocycles. The lowest BCUT2D eigenvalue weighted by Gasteiger charge is -2.20. The van der Waals surface area contributed by atoms with Gasteiger partial charge in [-0.05, 0) is 18.1 Å². The predicted molar refractivity (Wildman–Crippen MR) is 74.5 cm³/mol. The average Bonchev–Trinajstić information content (AvgIpc) is 2.30. The Bertz CT molecular complexity index is 407. The highest BCUT2D eigenvalue weighted by Gasteiger charge is 2.22. The van der Waals surface area contributed by atoms with Crippen LogP contribution in [0.1, 0.15) is 39.7 Å². The van der Waals surface area contributed by atoms with E-state index in [-0.39, 0.29) is 12.0 Å². The van der Waals surface area contributed by atoms with Gasteiger partial charge in [0, 0.05) is 17.5 Å². The number of hydrogen-bond acceptors (Lipinski definition) is 2. The Hall–Kier alpha value is -1.35. The maximum Gasteiger partial charge on any atom is 0.229 e. The summed E-state index contributed by atoms with van der Waals surface area (Å²) in [6.45, 7) is 7.59. The van der Waals surface area contributed by atoms with Crippen LogP contribution in [0.4, 0.5) is 5.69 Å². The van der Waals surface area contributed by atoms with Crippen LogP contribution in [0, 0.1) is 5.41 Å². The summed E-state index contributed by atoms with van der Waals surface area (Å²) in [4.78, 5) is 12.0. The topological polar surface area (TPSA) is 49.3 Å². The van der Waals surface area contributed by atoms with Crippen LogP contribution in [0.2, 0.25) is 0 Å². The number of rotatable bonds is 4. The van der Waals surface area contributed by atoms with Gasteiger partial charge in [0.25, 0.3) is 0 Å². The molecule has 0 saturated carbocycles. The fourth-order valence-electron chi connectivity index (χ4n) is 1.53. The second-order valence-corrected chi connectivity index (χ2v) is 5.63. The highest BCUT2D eigenvalue weighted by Crippen LogP contribution is 2.21. The van der Waals surface area contributed by atoms with Gasteiger partial charge in [-0.2, -0.15) is 0 Å². The van der Waals surface area contributed by atoms with Crippen molar-refractivity contribution in [2.45, 2.75) is 46.6 Å². The number of aliphatic hydroxyl groups excluding tert-OH is 1. The van der Waals surface area contributed by atoms with Crippen molar-refractivity contribution in [3.05, 3.63) is 29.8 Å². The number of aliphatic hydroxyl groups is 1. The van der Waals surface area contributed by atoms with Crippen molar-refractivity contribution >= 4 is 11.6 Å². The van der Waals surface area contributed by atoms with Crippen molar-refractivity contribution in [3.8, 4) is 0 Å². The van der Waals surface area contributed by atoms with Crippen LogP contribution < -0.4 is 5.32 Å². The normalized spacial score (nSPS) is 13.2. The third kappa shape index (κ3) is 4.15. The number of anilines is 1. The molecule has 0 aromatic heterocycles. The van der Waals surface area contributed by atoms with Gasteiger partial charge in [0.15, 0.2) is 0 Å². The predicted octanol–water partition coefficient (Wildman–Crippen LogP) is 2.98. The standard InChI is InChI=1S/C15H23NO2/c1-5-12(17)10-11-8-6-7-9-13(11)16-14(18)15(2,3)4/h6-9,12,17H,5,10H2,1-4H3,(H,16,18). The van der Waals surface area contributed by atoms with Crippen LogP contribution in [-0.2, 0) is 11.2 Å². The molecule has 0 bridgehead atoms. The van der Waals surface area contributed by atoms with Crippen molar-refractivity contribution in [3.63, 3.8) is 0 Å². The van der Waals surface area contributed by atoms with Gasteiger partial charge in [0.05, 0.1) is 6.10 Å². The van der Waals surface area contributed by atoms with E-state index in [0.717, 1.165) is 11.3 Å². The lowest BCUT2D eigenvalue weighted by atomic mass is 9.95. The van der Waals surface area contributed by atoms with Gasteiger partial charge < -0.3 is 10.4 Å². The molecule has 0 aliphatic carbocycles. The minimum atomic E-state index is -0.420. The zero-order valence-electron chi connectivity index (χ0n) is 11.7. The number of carbonyl (C=O) groups is 1. The van der Waals surface area contributed by atoms with E-state index in [1.807, 2.05) is 52.0 Å². The second kappa shape index (κ2) is 6.01. The van der Waals surface area contributed by atoms with Gasteiger partial charge in [-0.1, -0.05) is 45.9 Å². The third-order valence-corrected chi connectivity index (χ3v) is 2.87. The van der Waals surface area contributed by atoms with Crippen molar-refractivity contribution in [1.82, 2.24) is 0 Å². The molecule has 0 radical (unpaired) electrons. The van der Waals surface area contributed by atoms with Crippen LogP contribution in [0.15, 0.2) is 24.3 Å². The van der Waals surface area contributed by atoms with E-state index in [0.29, 0.717) is 12.8 Å². The summed E-state index contributed by atoms with van der Waals surface area (Å²) in [6, 6.07) is 7.63. The Morgan fingerprint density at radius 2 is 1.94 bits per heavy atom. The summed E-state index contributed by atoms with van der Waals surface area (Å²) < 4.78 is 0. The van der Waals surface area contributed by atoms with E-state index >= 15 is 0 Å². The van der Waals surface area contributed by atoms with Crippen molar-refractivity contribution < 1.29 is 9.90 Å². The molecule has 18 heavy (non-hydrogen) atoms. The Balaban J connectivity index is 2.86. The summed E-state index contributed by atoms with van der Waals surface area (Å²) in [5.74, 6) is -0.0130. The Kier molecular flexibility index (Phi) is 4.91. The molecule has 2 N–H and O–H groups in total. The summed E-state index contributed by atoms with van der Waals surface area (Å²) >= 11 is 0. The molecule has 0 aliphatic heterocycles. The zero-order chi connectivity index (χ0) is 13.8. The second-order valence-electron chi connectivity index (χ2n) is 5.63. The number of carbonyl (C=O) groups excluding carboxylic acids is 1. The van der Waals surface area contributed by atoms with Crippen LogP contribution in [-0.4, -0.2) is 17.1 Å². The first-order valence-electron chi connectivity index (χ1n) is 6.42. The number of amides is 1. The quantitative estimate of drug-likeness (QED) is 0.862. The number of para-hydroxylation sites is 1. The van der Waals surface area contributed by atoms with E-state index in [1.165, 1.54) is 0 Å². The smallest absolute Gasteiger partial charge is 0.229 e. The average molecular weight is 249 g/mol. The maximum absolute atomic E-state index is 12.0. The van der Waals surface area contributed by atoms with Gasteiger partial charge in [-0.25, -0.2) is 0 Å². The Labute approximate surface area is 109 Å². The largest absolute Gasteiger partial charge is 0.393 e. The molecule has 1 rings (SSSR count). The van der Waals surface area contributed by atoms with Crippen LogP contribution in [0.3, 0.4) is 0 Å². The molecule has 1 amide bonds. The third-order valence-electron chi connectivity index (χ3n) is 2.87. The van der Waals surface area contributed by atoms with Gasteiger partial charge in [-0.15, -0.1) is 0 Å². The van der Waals surface area contributed by atoms with Crippen LogP contribution in [0.25, 0.3) is 0 Å². The first-order valence-corrected chi connectivity index (χ1v) is 6.42. The highest BCUT2D eigenvalue weighted by molar-refractivity contribution is 5.95. The molecule has 0 aliphatic rings. The van der Waals surface area contributed by atoms with Gasteiger partial charge in [-0.3, -0.25) is 4.79 Å². The molecule has 0 spiro atoms. The van der Waals surface area contributed by atoms with E-state index < -0.39 is 5.41 Å². The maximum atomic E-state index is 12.0. The van der Waals surface area contributed by atoms with Crippen molar-refractivity contribution in [2.75, 3.05) is 5.32 Å². The minimum absolute atomic E-state index is 0.0130. The number of hydrogen-bond donors (Lipinski definition) is 2. The van der Waals surface area contributed by atoms with Crippen molar-refractivity contribution in [1.29, 1.82) is 0 Å². The number of benzene rings is 1. The van der Waals surface area contributed by atoms with Crippen LogP contribution in [0.5, 0.6) is 0 Å². The SMILES string of the molecule is CCC(O)Cc1ccccc1NC(=O)C(C)(C)C.